The van der Waals surface area contributed by atoms with Crippen LogP contribution in [0.4, 0.5) is 4.39 Å². The van der Waals surface area contributed by atoms with Crippen LogP contribution >= 0.6 is 11.8 Å². The number of carbonyl (C=O) groups is 1. The predicted octanol–water partition coefficient (Wildman–Crippen LogP) is 4.74. The fourth-order valence-electron chi connectivity index (χ4n) is 4.29. The summed E-state index contributed by atoms with van der Waals surface area (Å²) in [6.07, 6.45) is 0. The Kier molecular flexibility index (Phi) is 8.00. The summed E-state index contributed by atoms with van der Waals surface area (Å²) in [7, 11) is 0. The lowest BCUT2D eigenvalue weighted by molar-refractivity contribution is -0.130. The van der Waals surface area contributed by atoms with Gasteiger partial charge in [0.25, 0.3) is 0 Å². The minimum absolute atomic E-state index is 0.101. The van der Waals surface area contributed by atoms with Crippen molar-refractivity contribution >= 4 is 17.7 Å². The number of halogens is 1. The quantitative estimate of drug-likeness (QED) is 0.435. The number of hydrogen-bond donors (Lipinski definition) is 0. The lowest BCUT2D eigenvalue weighted by Gasteiger charge is -2.38. The van der Waals surface area contributed by atoms with Crippen molar-refractivity contribution in [1.29, 1.82) is 0 Å². The van der Waals surface area contributed by atoms with Gasteiger partial charge in [-0.25, -0.2) is 4.39 Å². The number of aromatic nitrogens is 3. The van der Waals surface area contributed by atoms with Crippen LogP contribution in [0.3, 0.4) is 0 Å². The molecule has 6 nitrogen and oxygen atoms in total. The molecular formula is C26H32FN5OS. The van der Waals surface area contributed by atoms with Gasteiger partial charge in [0.1, 0.15) is 5.82 Å². The van der Waals surface area contributed by atoms with Crippen LogP contribution in [-0.2, 0) is 11.3 Å². The second kappa shape index (κ2) is 11.1. The Balaban J connectivity index is 1.37. The largest absolute Gasteiger partial charge is 0.339 e. The van der Waals surface area contributed by atoms with Gasteiger partial charge in [-0.3, -0.25) is 9.69 Å². The van der Waals surface area contributed by atoms with Crippen LogP contribution < -0.4 is 0 Å². The third-order valence-corrected chi connectivity index (χ3v) is 7.15. The van der Waals surface area contributed by atoms with Gasteiger partial charge in [0.15, 0.2) is 11.0 Å². The van der Waals surface area contributed by atoms with Crippen LogP contribution in [0.2, 0.25) is 0 Å². The topological polar surface area (TPSA) is 54.3 Å². The monoisotopic (exact) mass is 481 g/mol. The molecule has 0 saturated carbocycles. The van der Waals surface area contributed by atoms with E-state index in [9.17, 15) is 9.18 Å². The van der Waals surface area contributed by atoms with Crippen molar-refractivity contribution < 1.29 is 9.18 Å². The van der Waals surface area contributed by atoms with Crippen LogP contribution in [0.15, 0.2) is 59.8 Å². The van der Waals surface area contributed by atoms with E-state index in [1.165, 1.54) is 23.4 Å². The molecule has 1 atom stereocenters. The Hall–Kier alpha value is -2.71. The van der Waals surface area contributed by atoms with Gasteiger partial charge in [-0.05, 0) is 30.5 Å². The van der Waals surface area contributed by atoms with Crippen molar-refractivity contribution in [2.24, 2.45) is 5.92 Å². The summed E-state index contributed by atoms with van der Waals surface area (Å²) < 4.78 is 16.3. The molecule has 0 radical (unpaired) electrons. The summed E-state index contributed by atoms with van der Waals surface area (Å²) in [5.74, 6) is 0.905. The van der Waals surface area contributed by atoms with E-state index in [1.807, 2.05) is 15.5 Å². The minimum atomic E-state index is -0.324. The van der Waals surface area contributed by atoms with E-state index in [0.29, 0.717) is 40.8 Å². The smallest absolute Gasteiger partial charge is 0.233 e. The summed E-state index contributed by atoms with van der Waals surface area (Å²) in [5, 5.41) is 9.22. The number of nitrogens with zero attached hydrogens (tertiary/aromatic N) is 5. The van der Waals surface area contributed by atoms with Gasteiger partial charge in [0.05, 0.1) is 11.3 Å². The van der Waals surface area contributed by atoms with Crippen molar-refractivity contribution in [3.05, 3.63) is 66.0 Å². The van der Waals surface area contributed by atoms with Crippen LogP contribution in [-0.4, -0.2) is 62.4 Å². The number of thioether (sulfide) groups is 1. The van der Waals surface area contributed by atoms with Gasteiger partial charge in [0, 0.05) is 38.8 Å². The highest BCUT2D eigenvalue weighted by Crippen LogP contribution is 2.27. The first-order valence-electron chi connectivity index (χ1n) is 11.8. The van der Waals surface area contributed by atoms with Crippen molar-refractivity contribution in [3.8, 4) is 11.4 Å². The first-order chi connectivity index (χ1) is 16.4. The Bertz CT molecular complexity index is 1100. The maximum atomic E-state index is 14.4. The summed E-state index contributed by atoms with van der Waals surface area (Å²) >= 11 is 1.38. The third kappa shape index (κ3) is 5.67. The number of piperazine rings is 1. The molecule has 0 spiro atoms. The average molecular weight is 482 g/mol. The lowest BCUT2D eigenvalue weighted by Crippen LogP contribution is -2.49. The van der Waals surface area contributed by atoms with Gasteiger partial charge in [-0.2, -0.15) is 0 Å². The molecule has 0 bridgehead atoms. The number of benzene rings is 2. The standard InChI is InChI=1S/C26H32FN5OS/c1-19(2)17-32-25(22-11-7-8-12-23(22)27)28-29-26(32)34-18-24(33)31-15-13-30(14-16-31)20(3)21-9-5-4-6-10-21/h4-12,19-20H,13-18H2,1-3H3/t20-/m0/s1. The highest BCUT2D eigenvalue weighted by Gasteiger charge is 2.25. The van der Waals surface area contributed by atoms with E-state index >= 15 is 0 Å². The summed E-state index contributed by atoms with van der Waals surface area (Å²) in [6, 6.07) is 17.4. The zero-order valence-electron chi connectivity index (χ0n) is 20.0. The maximum absolute atomic E-state index is 14.4. The fourth-order valence-corrected chi connectivity index (χ4v) is 5.14. The highest BCUT2D eigenvalue weighted by atomic mass is 32.2. The molecule has 8 heteroatoms. The second-order valence-corrected chi connectivity index (χ2v) is 10.0. The normalized spacial score (nSPS) is 15.6. The van der Waals surface area contributed by atoms with E-state index in [4.69, 9.17) is 0 Å². The molecule has 1 aliphatic rings. The Morgan fingerprint density at radius 3 is 2.32 bits per heavy atom. The Morgan fingerprint density at radius 1 is 0.971 bits per heavy atom. The zero-order valence-corrected chi connectivity index (χ0v) is 20.8. The molecule has 0 unspecified atom stereocenters. The molecule has 1 aromatic heterocycles. The highest BCUT2D eigenvalue weighted by molar-refractivity contribution is 7.99. The molecule has 1 saturated heterocycles. The number of hydrogen-bond acceptors (Lipinski definition) is 5. The molecule has 180 valence electrons. The van der Waals surface area contributed by atoms with Gasteiger partial charge < -0.3 is 9.47 Å². The second-order valence-electron chi connectivity index (χ2n) is 9.08. The zero-order chi connectivity index (χ0) is 24.1. The van der Waals surface area contributed by atoms with E-state index in [0.717, 1.165) is 26.2 Å². The molecule has 34 heavy (non-hydrogen) atoms. The molecule has 1 amide bonds. The molecule has 0 aliphatic carbocycles. The fraction of sp³-hybridized carbons (Fsp3) is 0.423. The molecule has 1 fully saturated rings. The summed E-state index contributed by atoms with van der Waals surface area (Å²) in [5.41, 5.74) is 1.73. The van der Waals surface area contributed by atoms with Gasteiger partial charge >= 0.3 is 0 Å². The van der Waals surface area contributed by atoms with Gasteiger partial charge in [-0.1, -0.05) is 68.1 Å². The van der Waals surface area contributed by atoms with Crippen LogP contribution in [0, 0.1) is 11.7 Å². The van der Waals surface area contributed by atoms with E-state index in [2.05, 4.69) is 60.1 Å². The lowest BCUT2D eigenvalue weighted by atomic mass is 10.1. The van der Waals surface area contributed by atoms with Crippen LogP contribution in [0.5, 0.6) is 0 Å². The maximum Gasteiger partial charge on any atom is 0.233 e. The van der Waals surface area contributed by atoms with Crippen molar-refractivity contribution in [1.82, 2.24) is 24.6 Å². The third-order valence-electron chi connectivity index (χ3n) is 6.20. The predicted molar refractivity (Wildman–Crippen MR) is 134 cm³/mol. The van der Waals surface area contributed by atoms with E-state index in [-0.39, 0.29) is 11.7 Å². The van der Waals surface area contributed by atoms with E-state index in [1.54, 1.807) is 18.2 Å². The average Bonchev–Trinajstić information content (AvgIpc) is 3.24. The van der Waals surface area contributed by atoms with E-state index < -0.39 is 0 Å². The molecule has 0 N–H and O–H groups in total. The van der Waals surface area contributed by atoms with Crippen molar-refractivity contribution in [2.75, 3.05) is 31.9 Å². The summed E-state index contributed by atoms with van der Waals surface area (Å²) in [6.45, 7) is 10.2. The molecule has 2 heterocycles. The number of carbonyl (C=O) groups excluding carboxylic acids is 1. The molecule has 1 aliphatic heterocycles. The number of rotatable bonds is 8. The summed E-state index contributed by atoms with van der Waals surface area (Å²) in [4.78, 5) is 17.3. The Morgan fingerprint density at radius 2 is 1.65 bits per heavy atom. The molecule has 3 aromatic rings. The van der Waals surface area contributed by atoms with Crippen molar-refractivity contribution in [3.63, 3.8) is 0 Å². The number of amides is 1. The first-order valence-corrected chi connectivity index (χ1v) is 12.8. The van der Waals surface area contributed by atoms with Gasteiger partial charge in [-0.15, -0.1) is 10.2 Å². The van der Waals surface area contributed by atoms with Crippen LogP contribution in [0.25, 0.3) is 11.4 Å². The van der Waals surface area contributed by atoms with Gasteiger partial charge in [0.2, 0.25) is 5.91 Å². The molecule has 4 rings (SSSR count). The molecule has 2 aromatic carbocycles. The Labute approximate surface area is 205 Å². The van der Waals surface area contributed by atoms with Crippen LogP contribution in [0.1, 0.15) is 32.4 Å². The minimum Gasteiger partial charge on any atom is -0.339 e. The SMILES string of the molecule is CC(C)Cn1c(SCC(=O)N2CCN([C@@H](C)c3ccccc3)CC2)nnc1-c1ccccc1F. The van der Waals surface area contributed by atoms with Crippen molar-refractivity contribution in [2.45, 2.75) is 38.5 Å². The molecular weight excluding hydrogens is 449 g/mol. The first kappa shape index (κ1) is 24.4.